The third-order valence-electron chi connectivity index (χ3n) is 4.30. The van der Waals surface area contributed by atoms with Gasteiger partial charge in [0.15, 0.2) is 5.78 Å². The molecule has 1 aliphatic rings. The number of nitrogens with two attached hydrogens (primary N) is 1. The Labute approximate surface area is 125 Å². The topological polar surface area (TPSA) is 60.9 Å². The summed E-state index contributed by atoms with van der Waals surface area (Å²) in [7, 11) is 0. The zero-order chi connectivity index (χ0) is 14.8. The van der Waals surface area contributed by atoms with Crippen LogP contribution in [-0.2, 0) is 6.42 Å². The molecule has 3 rings (SSSR count). The van der Waals surface area contributed by atoms with Crippen LogP contribution in [0.5, 0.6) is 0 Å². The van der Waals surface area contributed by atoms with Crippen molar-refractivity contribution in [2.24, 2.45) is 0 Å². The van der Waals surface area contributed by atoms with Crippen LogP contribution in [0.3, 0.4) is 0 Å². The van der Waals surface area contributed by atoms with E-state index >= 15 is 0 Å². The van der Waals surface area contributed by atoms with Gasteiger partial charge in [0.05, 0.1) is 18.2 Å². The van der Waals surface area contributed by atoms with Crippen molar-refractivity contribution in [2.75, 3.05) is 5.73 Å². The van der Waals surface area contributed by atoms with Gasteiger partial charge in [0, 0.05) is 17.4 Å². The van der Waals surface area contributed by atoms with Gasteiger partial charge in [0.2, 0.25) is 0 Å². The molecule has 1 aromatic heterocycles. The van der Waals surface area contributed by atoms with E-state index < -0.39 is 0 Å². The first-order valence-electron chi connectivity index (χ1n) is 7.57. The minimum absolute atomic E-state index is 0.0924. The lowest BCUT2D eigenvalue weighted by Gasteiger charge is -2.08. The van der Waals surface area contributed by atoms with E-state index in [1.807, 2.05) is 29.9 Å². The number of aromatic nitrogens is 2. The van der Waals surface area contributed by atoms with Crippen molar-refractivity contribution in [2.45, 2.75) is 45.1 Å². The van der Waals surface area contributed by atoms with Crippen LogP contribution >= 0.6 is 0 Å². The number of benzene rings is 1. The molecule has 0 unspecified atom stereocenters. The number of Topliss-reactive ketones (excluding diaryl/α,β-unsaturated/α-hetero) is 1. The molecule has 0 amide bonds. The number of ketones is 1. The summed E-state index contributed by atoms with van der Waals surface area (Å²) in [5.41, 5.74) is 9.00. The van der Waals surface area contributed by atoms with E-state index in [2.05, 4.69) is 5.10 Å². The summed E-state index contributed by atoms with van der Waals surface area (Å²) in [4.78, 5) is 12.3. The molecule has 0 radical (unpaired) electrons. The van der Waals surface area contributed by atoms with E-state index in [9.17, 15) is 4.79 Å². The van der Waals surface area contributed by atoms with Gasteiger partial charge in [-0.25, -0.2) is 0 Å². The van der Waals surface area contributed by atoms with Crippen LogP contribution < -0.4 is 5.73 Å². The highest BCUT2D eigenvalue weighted by molar-refractivity contribution is 5.97. The largest absolute Gasteiger partial charge is 0.399 e. The number of nitrogen functional groups attached to an aromatic ring is 1. The lowest BCUT2D eigenvalue weighted by molar-refractivity contribution is 0.0991. The molecule has 1 saturated carbocycles. The molecule has 0 spiro atoms. The van der Waals surface area contributed by atoms with Gasteiger partial charge < -0.3 is 5.73 Å². The standard InChI is InChI=1S/C17H21N3O/c1-12-10-13(6-7-16(12)18)17(21)11-14-8-9-20(19-14)15-4-2-3-5-15/h6-10,15H,2-5,11,18H2,1H3. The molecule has 4 nitrogen and oxygen atoms in total. The molecule has 2 aromatic rings. The van der Waals surface area contributed by atoms with Crippen LogP contribution in [0, 0.1) is 6.92 Å². The molecule has 1 aliphatic carbocycles. The molecule has 0 aliphatic heterocycles. The van der Waals surface area contributed by atoms with E-state index in [1.165, 1.54) is 25.7 Å². The second kappa shape index (κ2) is 5.72. The van der Waals surface area contributed by atoms with Crippen molar-refractivity contribution in [3.8, 4) is 0 Å². The molecule has 1 heterocycles. The number of aryl methyl sites for hydroxylation is 1. The van der Waals surface area contributed by atoms with E-state index in [4.69, 9.17) is 5.73 Å². The smallest absolute Gasteiger partial charge is 0.168 e. The Kier molecular flexibility index (Phi) is 3.78. The number of carbonyl (C=O) groups is 1. The predicted molar refractivity (Wildman–Crippen MR) is 83.4 cm³/mol. The van der Waals surface area contributed by atoms with Gasteiger partial charge in [-0.1, -0.05) is 12.8 Å². The number of rotatable bonds is 4. The van der Waals surface area contributed by atoms with Crippen LogP contribution in [0.4, 0.5) is 5.69 Å². The van der Waals surface area contributed by atoms with E-state index in [-0.39, 0.29) is 5.78 Å². The molecule has 21 heavy (non-hydrogen) atoms. The SMILES string of the molecule is Cc1cc(C(=O)Cc2ccn(C3CCCC3)n2)ccc1N. The Bertz CT molecular complexity index is 654. The summed E-state index contributed by atoms with van der Waals surface area (Å²) in [6, 6.07) is 7.91. The second-order valence-electron chi connectivity index (χ2n) is 5.90. The van der Waals surface area contributed by atoms with Crippen LogP contribution in [0.2, 0.25) is 0 Å². The Morgan fingerprint density at radius 2 is 2.10 bits per heavy atom. The monoisotopic (exact) mass is 283 g/mol. The molecule has 2 N–H and O–H groups in total. The summed E-state index contributed by atoms with van der Waals surface area (Å²) < 4.78 is 2.03. The highest BCUT2D eigenvalue weighted by Crippen LogP contribution is 2.28. The van der Waals surface area contributed by atoms with Crippen LogP contribution in [0.25, 0.3) is 0 Å². The maximum Gasteiger partial charge on any atom is 0.168 e. The van der Waals surface area contributed by atoms with Gasteiger partial charge in [-0.3, -0.25) is 9.48 Å². The van der Waals surface area contributed by atoms with Gasteiger partial charge in [-0.15, -0.1) is 0 Å². The van der Waals surface area contributed by atoms with E-state index in [0.717, 1.165) is 16.9 Å². The Hall–Kier alpha value is -2.10. The summed E-state index contributed by atoms with van der Waals surface area (Å²) in [5, 5.41) is 4.57. The number of anilines is 1. The molecule has 1 fully saturated rings. The first kappa shape index (κ1) is 13.9. The minimum atomic E-state index is 0.0924. The van der Waals surface area contributed by atoms with Gasteiger partial charge in [-0.05, 0) is 49.6 Å². The normalized spacial score (nSPS) is 15.5. The number of hydrogen-bond donors (Lipinski definition) is 1. The van der Waals surface area contributed by atoms with Gasteiger partial charge >= 0.3 is 0 Å². The van der Waals surface area contributed by atoms with Gasteiger partial charge in [-0.2, -0.15) is 5.10 Å². The predicted octanol–water partition coefficient (Wildman–Crippen LogP) is 3.31. The van der Waals surface area contributed by atoms with Crippen molar-refractivity contribution < 1.29 is 4.79 Å². The molecule has 4 heteroatoms. The molecule has 0 atom stereocenters. The number of nitrogens with zero attached hydrogens (tertiary/aromatic N) is 2. The first-order valence-corrected chi connectivity index (χ1v) is 7.57. The number of hydrogen-bond acceptors (Lipinski definition) is 3. The van der Waals surface area contributed by atoms with Crippen molar-refractivity contribution in [1.82, 2.24) is 9.78 Å². The third-order valence-corrected chi connectivity index (χ3v) is 4.30. The Morgan fingerprint density at radius 1 is 1.33 bits per heavy atom. The van der Waals surface area contributed by atoms with E-state index in [0.29, 0.717) is 18.0 Å². The summed E-state index contributed by atoms with van der Waals surface area (Å²) in [6.07, 6.45) is 7.32. The molecular weight excluding hydrogens is 262 g/mol. The van der Waals surface area contributed by atoms with E-state index in [1.54, 1.807) is 12.1 Å². The lowest BCUT2D eigenvalue weighted by Crippen LogP contribution is -2.08. The van der Waals surface area contributed by atoms with Crippen molar-refractivity contribution in [1.29, 1.82) is 0 Å². The Balaban J connectivity index is 1.70. The first-order chi connectivity index (χ1) is 10.1. The van der Waals surface area contributed by atoms with Crippen molar-refractivity contribution in [3.05, 3.63) is 47.3 Å². The fourth-order valence-corrected chi connectivity index (χ4v) is 2.96. The summed E-state index contributed by atoms with van der Waals surface area (Å²) in [5.74, 6) is 0.0924. The molecule has 1 aromatic carbocycles. The third kappa shape index (κ3) is 2.99. The molecule has 110 valence electrons. The fourth-order valence-electron chi connectivity index (χ4n) is 2.96. The highest BCUT2D eigenvalue weighted by atomic mass is 16.1. The van der Waals surface area contributed by atoms with Crippen molar-refractivity contribution >= 4 is 11.5 Å². The molecule has 0 bridgehead atoms. The quantitative estimate of drug-likeness (QED) is 0.691. The fraction of sp³-hybridized carbons (Fsp3) is 0.412. The average molecular weight is 283 g/mol. The maximum atomic E-state index is 12.3. The summed E-state index contributed by atoms with van der Waals surface area (Å²) in [6.45, 7) is 1.92. The summed E-state index contributed by atoms with van der Waals surface area (Å²) >= 11 is 0. The van der Waals surface area contributed by atoms with Crippen LogP contribution in [0.15, 0.2) is 30.5 Å². The van der Waals surface area contributed by atoms with Crippen LogP contribution in [-0.4, -0.2) is 15.6 Å². The highest BCUT2D eigenvalue weighted by Gasteiger charge is 2.18. The number of carbonyl (C=O) groups excluding carboxylic acids is 1. The van der Waals surface area contributed by atoms with Crippen LogP contribution in [0.1, 0.15) is 53.3 Å². The van der Waals surface area contributed by atoms with Gasteiger partial charge in [0.25, 0.3) is 0 Å². The molecule has 0 saturated heterocycles. The van der Waals surface area contributed by atoms with Gasteiger partial charge in [0.1, 0.15) is 0 Å². The second-order valence-corrected chi connectivity index (χ2v) is 5.90. The van der Waals surface area contributed by atoms with Crippen molar-refractivity contribution in [3.63, 3.8) is 0 Å². The average Bonchev–Trinajstić information content (AvgIpc) is 3.12. The zero-order valence-electron chi connectivity index (χ0n) is 12.4. The lowest BCUT2D eigenvalue weighted by atomic mass is 10.0. The zero-order valence-corrected chi connectivity index (χ0v) is 12.4. The Morgan fingerprint density at radius 3 is 2.81 bits per heavy atom. The minimum Gasteiger partial charge on any atom is -0.399 e. The molecular formula is C17H21N3O. The maximum absolute atomic E-state index is 12.3.